The van der Waals surface area contributed by atoms with Gasteiger partial charge in [-0.05, 0) is 24.1 Å². The molecule has 0 spiro atoms. The number of hydrogen-bond acceptors (Lipinski definition) is 8. The number of rotatable bonds is 5. The zero-order valence-electron chi connectivity index (χ0n) is 18.1. The molecule has 0 saturated carbocycles. The first-order valence-corrected chi connectivity index (χ1v) is 10.7. The van der Waals surface area contributed by atoms with Crippen LogP contribution in [0.1, 0.15) is 44.9 Å². The van der Waals surface area contributed by atoms with E-state index in [1.54, 1.807) is 18.2 Å². The predicted molar refractivity (Wildman–Crippen MR) is 117 cm³/mol. The summed E-state index contributed by atoms with van der Waals surface area (Å²) in [7, 11) is 0. The number of H-pyrrole nitrogens is 1. The maximum Gasteiger partial charge on any atom is 0.273 e. The molecule has 4 heterocycles. The van der Waals surface area contributed by atoms with E-state index in [1.807, 2.05) is 0 Å². The van der Waals surface area contributed by atoms with Gasteiger partial charge < -0.3 is 20.3 Å². The smallest absolute Gasteiger partial charge is 0.273 e. The number of fused-ring (bicyclic) bond motifs is 1. The summed E-state index contributed by atoms with van der Waals surface area (Å²) in [5.74, 6) is -2.22. The molecule has 5 rings (SSSR count). The molecule has 0 radical (unpaired) electrons. The van der Waals surface area contributed by atoms with E-state index in [0.29, 0.717) is 11.3 Å². The highest BCUT2D eigenvalue weighted by Gasteiger charge is 2.39. The fourth-order valence-electron chi connectivity index (χ4n) is 4.09. The van der Waals surface area contributed by atoms with E-state index >= 15 is 0 Å². The molecule has 3 aromatic rings. The van der Waals surface area contributed by atoms with Crippen LogP contribution >= 0.6 is 0 Å². The average Bonchev–Trinajstić information content (AvgIpc) is 3.45. The molecule has 2 aromatic heterocycles. The number of nitrogens with one attached hydrogen (secondary N) is 3. The zero-order chi connectivity index (χ0) is 24.7. The number of aromatic amines is 1. The number of piperidine rings is 1. The number of pyridine rings is 1. The summed E-state index contributed by atoms with van der Waals surface area (Å²) in [6.07, 6.45) is 3.18. The standard InChI is InChI=1S/C22H19N7O6/c30-17-5-6-23-14(19(17)32)8-24-20(33)15-10-29(27-26-15)12-2-1-11-9-28(22(35)13(11)7-12)16-3-4-18(31)25-21(16)34/h1-2,5-7,10,16,32H,3-4,8-9H2,(H,23,30)(H,24,33)(H,25,31,34). The highest BCUT2D eigenvalue weighted by molar-refractivity contribution is 6.05. The summed E-state index contributed by atoms with van der Waals surface area (Å²) in [6.45, 7) is 0.122. The Morgan fingerprint density at radius 3 is 2.83 bits per heavy atom. The van der Waals surface area contributed by atoms with Crippen molar-refractivity contribution in [1.82, 2.24) is 35.5 Å². The van der Waals surface area contributed by atoms with Crippen molar-refractivity contribution in [3.63, 3.8) is 0 Å². The van der Waals surface area contributed by atoms with Crippen molar-refractivity contribution in [3.8, 4) is 11.4 Å². The van der Waals surface area contributed by atoms with Crippen LogP contribution < -0.4 is 16.1 Å². The first-order valence-electron chi connectivity index (χ1n) is 10.7. The Bertz CT molecular complexity index is 1440. The summed E-state index contributed by atoms with van der Waals surface area (Å²) < 4.78 is 1.33. The van der Waals surface area contributed by atoms with Crippen molar-refractivity contribution in [3.05, 3.63) is 69.4 Å². The second-order valence-corrected chi connectivity index (χ2v) is 8.14. The van der Waals surface area contributed by atoms with E-state index in [9.17, 15) is 29.1 Å². The molecule has 0 bridgehead atoms. The van der Waals surface area contributed by atoms with Crippen LogP contribution in [0, 0.1) is 0 Å². The normalized spacial score (nSPS) is 17.3. The number of carbonyl (C=O) groups excluding carboxylic acids is 4. The van der Waals surface area contributed by atoms with Crippen LogP contribution in [-0.2, 0) is 22.7 Å². The molecule has 4 N–H and O–H groups in total. The summed E-state index contributed by atoms with van der Waals surface area (Å²) >= 11 is 0. The maximum absolute atomic E-state index is 13.0. The fraction of sp³-hybridized carbons (Fsp3) is 0.227. The van der Waals surface area contributed by atoms with Gasteiger partial charge >= 0.3 is 0 Å². The van der Waals surface area contributed by atoms with Gasteiger partial charge in [-0.2, -0.15) is 0 Å². The molecule has 1 unspecified atom stereocenters. The Kier molecular flexibility index (Phi) is 5.35. The van der Waals surface area contributed by atoms with E-state index < -0.39 is 29.0 Å². The number of imide groups is 1. The minimum atomic E-state index is -0.711. The Balaban J connectivity index is 1.30. The lowest BCUT2D eigenvalue weighted by Gasteiger charge is -2.29. The topological polar surface area (TPSA) is 179 Å². The second kappa shape index (κ2) is 8.52. The third kappa shape index (κ3) is 4.03. The van der Waals surface area contributed by atoms with Crippen LogP contribution in [0.2, 0.25) is 0 Å². The largest absolute Gasteiger partial charge is 0.503 e. The van der Waals surface area contributed by atoms with Crippen LogP contribution in [0.25, 0.3) is 5.69 Å². The van der Waals surface area contributed by atoms with Crippen molar-refractivity contribution < 1.29 is 24.3 Å². The van der Waals surface area contributed by atoms with Crippen molar-refractivity contribution in [2.24, 2.45) is 0 Å². The van der Waals surface area contributed by atoms with Crippen molar-refractivity contribution in [2.45, 2.75) is 32.0 Å². The van der Waals surface area contributed by atoms with Crippen LogP contribution in [-0.4, -0.2) is 59.7 Å². The Labute approximate surface area is 196 Å². The van der Waals surface area contributed by atoms with Gasteiger partial charge in [0.15, 0.2) is 11.4 Å². The number of nitrogens with zero attached hydrogens (tertiary/aromatic N) is 4. The molecule has 35 heavy (non-hydrogen) atoms. The molecule has 1 aromatic carbocycles. The maximum atomic E-state index is 13.0. The van der Waals surface area contributed by atoms with E-state index in [1.165, 1.54) is 22.0 Å². The van der Waals surface area contributed by atoms with Gasteiger partial charge in [-0.15, -0.1) is 5.10 Å². The minimum Gasteiger partial charge on any atom is -0.503 e. The Morgan fingerprint density at radius 2 is 2.03 bits per heavy atom. The highest BCUT2D eigenvalue weighted by atomic mass is 16.3. The van der Waals surface area contributed by atoms with Crippen LogP contribution in [0.4, 0.5) is 0 Å². The van der Waals surface area contributed by atoms with Gasteiger partial charge in [-0.25, -0.2) is 4.68 Å². The molecule has 2 aliphatic heterocycles. The number of amides is 4. The number of carbonyl (C=O) groups is 4. The molecular formula is C22H19N7O6. The van der Waals surface area contributed by atoms with Gasteiger partial charge in [0.1, 0.15) is 6.04 Å². The average molecular weight is 477 g/mol. The second-order valence-electron chi connectivity index (χ2n) is 8.14. The van der Waals surface area contributed by atoms with Gasteiger partial charge in [-0.1, -0.05) is 11.3 Å². The van der Waals surface area contributed by atoms with Gasteiger partial charge in [0.25, 0.3) is 11.8 Å². The summed E-state index contributed by atoms with van der Waals surface area (Å²) in [5.41, 5.74) is 1.19. The van der Waals surface area contributed by atoms with Crippen LogP contribution in [0.5, 0.6) is 5.75 Å². The van der Waals surface area contributed by atoms with Gasteiger partial charge in [0, 0.05) is 30.8 Å². The van der Waals surface area contributed by atoms with E-state index in [0.717, 1.165) is 11.6 Å². The monoisotopic (exact) mass is 477 g/mol. The highest BCUT2D eigenvalue weighted by Crippen LogP contribution is 2.29. The minimum absolute atomic E-state index is 0.0141. The summed E-state index contributed by atoms with van der Waals surface area (Å²) in [5, 5.41) is 22.4. The third-order valence-electron chi connectivity index (χ3n) is 5.94. The van der Waals surface area contributed by atoms with E-state index in [4.69, 9.17) is 0 Å². The van der Waals surface area contributed by atoms with Crippen molar-refractivity contribution in [1.29, 1.82) is 0 Å². The zero-order valence-corrected chi connectivity index (χ0v) is 18.1. The van der Waals surface area contributed by atoms with Gasteiger partial charge in [-0.3, -0.25) is 29.3 Å². The first-order chi connectivity index (χ1) is 16.8. The van der Waals surface area contributed by atoms with Gasteiger partial charge in [0.05, 0.1) is 24.1 Å². The van der Waals surface area contributed by atoms with Crippen molar-refractivity contribution >= 4 is 23.6 Å². The molecule has 0 aliphatic carbocycles. The molecule has 1 saturated heterocycles. The molecular weight excluding hydrogens is 458 g/mol. The molecule has 2 aliphatic rings. The van der Waals surface area contributed by atoms with E-state index in [2.05, 4.69) is 25.9 Å². The molecule has 1 atom stereocenters. The number of aromatic nitrogens is 4. The van der Waals surface area contributed by atoms with Gasteiger partial charge in [0.2, 0.25) is 17.2 Å². The predicted octanol–water partition coefficient (Wildman–Crippen LogP) is -0.648. The van der Waals surface area contributed by atoms with Crippen LogP contribution in [0.3, 0.4) is 0 Å². The lowest BCUT2D eigenvalue weighted by molar-refractivity contribution is -0.136. The fourth-order valence-corrected chi connectivity index (χ4v) is 4.09. The number of benzene rings is 1. The third-order valence-corrected chi connectivity index (χ3v) is 5.94. The molecule has 4 amide bonds. The quantitative estimate of drug-likeness (QED) is 0.350. The number of aromatic hydroxyl groups is 1. The summed E-state index contributed by atoms with van der Waals surface area (Å²) in [6, 6.07) is 5.51. The molecule has 13 nitrogen and oxygen atoms in total. The molecule has 178 valence electrons. The molecule has 1 fully saturated rings. The SMILES string of the molecule is O=C1CCC(N2Cc3ccc(-n4cc(C(=O)NCc5[nH]ccc(=O)c5O)nn4)cc3C2=O)C(=O)N1. The van der Waals surface area contributed by atoms with Crippen molar-refractivity contribution in [2.75, 3.05) is 0 Å². The number of hydrogen-bond donors (Lipinski definition) is 4. The molecule has 13 heteroatoms. The lowest BCUT2D eigenvalue weighted by Crippen LogP contribution is -2.52. The van der Waals surface area contributed by atoms with E-state index in [-0.39, 0.29) is 49.1 Å². The lowest BCUT2D eigenvalue weighted by atomic mass is 10.0. The summed E-state index contributed by atoms with van der Waals surface area (Å²) in [4.78, 5) is 64.7. The first kappa shape index (κ1) is 22.0. The Hall–Kier alpha value is -4.81. The van der Waals surface area contributed by atoms with Crippen LogP contribution in [0.15, 0.2) is 41.5 Å². The Morgan fingerprint density at radius 1 is 1.20 bits per heavy atom.